The Kier molecular flexibility index (Phi) is 1.91. The van der Waals surface area contributed by atoms with Crippen LogP contribution in [0.1, 0.15) is 25.1 Å². The Morgan fingerprint density at radius 2 is 2.09 bits per heavy atom. The van der Waals surface area contributed by atoms with Crippen LogP contribution in [0, 0.1) is 6.92 Å². The molecule has 60 valence electrons. The Morgan fingerprint density at radius 1 is 1.45 bits per heavy atom. The molecular formula is C8H13N3. The van der Waals surface area contributed by atoms with Crippen molar-refractivity contribution in [2.45, 2.75) is 26.3 Å². The van der Waals surface area contributed by atoms with E-state index >= 15 is 0 Å². The number of rotatable bonds is 1. The predicted octanol–water partition coefficient (Wildman–Crippen LogP) is 0.979. The number of aryl methyl sites for hydroxylation is 1. The van der Waals surface area contributed by atoms with Gasteiger partial charge in [0.2, 0.25) is 0 Å². The van der Waals surface area contributed by atoms with Gasteiger partial charge in [0.1, 0.15) is 6.33 Å². The third kappa shape index (κ3) is 1.74. The van der Waals surface area contributed by atoms with E-state index in [1.807, 2.05) is 20.8 Å². The average Bonchev–Trinajstić information content (AvgIpc) is 1.86. The Morgan fingerprint density at radius 3 is 2.45 bits per heavy atom. The molecule has 0 amide bonds. The molecular weight excluding hydrogens is 138 g/mol. The molecule has 0 spiro atoms. The van der Waals surface area contributed by atoms with Gasteiger partial charge in [-0.05, 0) is 20.8 Å². The van der Waals surface area contributed by atoms with Crippen LogP contribution >= 0.6 is 0 Å². The highest BCUT2D eigenvalue weighted by atomic mass is 14.8. The maximum atomic E-state index is 5.88. The smallest absolute Gasteiger partial charge is 0.115 e. The summed E-state index contributed by atoms with van der Waals surface area (Å²) in [5.41, 5.74) is 7.49. The summed E-state index contributed by atoms with van der Waals surface area (Å²) in [7, 11) is 0. The molecule has 2 N–H and O–H groups in total. The summed E-state index contributed by atoms with van der Waals surface area (Å²) >= 11 is 0. The fourth-order valence-electron chi connectivity index (χ4n) is 1.02. The highest BCUT2D eigenvalue weighted by Gasteiger charge is 2.16. The fourth-order valence-corrected chi connectivity index (χ4v) is 1.02. The summed E-state index contributed by atoms with van der Waals surface area (Å²) in [4.78, 5) is 7.98. The van der Waals surface area contributed by atoms with E-state index in [9.17, 15) is 0 Å². The van der Waals surface area contributed by atoms with Crippen molar-refractivity contribution in [3.8, 4) is 0 Å². The van der Waals surface area contributed by atoms with Crippen molar-refractivity contribution in [1.82, 2.24) is 9.97 Å². The molecule has 0 aliphatic heterocycles. The summed E-state index contributed by atoms with van der Waals surface area (Å²) in [5, 5.41) is 0. The van der Waals surface area contributed by atoms with Crippen molar-refractivity contribution < 1.29 is 0 Å². The van der Waals surface area contributed by atoms with Crippen molar-refractivity contribution in [2.24, 2.45) is 5.73 Å². The van der Waals surface area contributed by atoms with E-state index in [0.717, 1.165) is 11.3 Å². The van der Waals surface area contributed by atoms with Gasteiger partial charge in [0, 0.05) is 23.0 Å². The first-order chi connectivity index (χ1) is 5.02. The second-order valence-corrected chi connectivity index (χ2v) is 3.24. The number of aromatic nitrogens is 2. The summed E-state index contributed by atoms with van der Waals surface area (Å²) < 4.78 is 0. The molecule has 1 heterocycles. The van der Waals surface area contributed by atoms with E-state index in [-0.39, 0.29) is 5.54 Å². The maximum Gasteiger partial charge on any atom is 0.115 e. The van der Waals surface area contributed by atoms with E-state index in [2.05, 4.69) is 9.97 Å². The molecule has 1 aromatic rings. The molecule has 0 saturated heterocycles. The van der Waals surface area contributed by atoms with Gasteiger partial charge < -0.3 is 5.73 Å². The summed E-state index contributed by atoms with van der Waals surface area (Å²) in [5.74, 6) is 0. The van der Waals surface area contributed by atoms with Gasteiger partial charge in [-0.2, -0.15) is 0 Å². The standard InChI is InChI=1S/C8H13N3/c1-6-7(8(2,3)9)4-10-5-11-6/h4-5H,9H2,1-3H3. The lowest BCUT2D eigenvalue weighted by atomic mass is 9.96. The topological polar surface area (TPSA) is 51.8 Å². The molecule has 3 heteroatoms. The number of nitrogens with zero attached hydrogens (tertiary/aromatic N) is 2. The number of hydrogen-bond acceptors (Lipinski definition) is 3. The average molecular weight is 151 g/mol. The van der Waals surface area contributed by atoms with Crippen molar-refractivity contribution >= 4 is 0 Å². The molecule has 0 aliphatic carbocycles. The largest absolute Gasteiger partial charge is 0.322 e. The van der Waals surface area contributed by atoms with Crippen molar-refractivity contribution in [2.75, 3.05) is 0 Å². The zero-order valence-electron chi connectivity index (χ0n) is 7.13. The molecule has 0 saturated carbocycles. The Bertz CT molecular complexity index is 250. The van der Waals surface area contributed by atoms with E-state index in [0.29, 0.717) is 0 Å². The first kappa shape index (κ1) is 8.14. The second kappa shape index (κ2) is 2.58. The third-order valence-electron chi connectivity index (χ3n) is 1.61. The highest BCUT2D eigenvalue weighted by Crippen LogP contribution is 2.17. The lowest BCUT2D eigenvalue weighted by Crippen LogP contribution is -2.30. The van der Waals surface area contributed by atoms with Crippen LogP contribution < -0.4 is 5.73 Å². The monoisotopic (exact) mass is 151 g/mol. The van der Waals surface area contributed by atoms with Gasteiger partial charge in [0.25, 0.3) is 0 Å². The minimum Gasteiger partial charge on any atom is -0.322 e. The van der Waals surface area contributed by atoms with Gasteiger partial charge in [-0.3, -0.25) is 0 Å². The van der Waals surface area contributed by atoms with Gasteiger partial charge in [-0.1, -0.05) is 0 Å². The maximum absolute atomic E-state index is 5.88. The van der Waals surface area contributed by atoms with E-state index in [1.165, 1.54) is 6.33 Å². The van der Waals surface area contributed by atoms with Gasteiger partial charge in [0.05, 0.1) is 0 Å². The molecule has 0 bridgehead atoms. The van der Waals surface area contributed by atoms with E-state index < -0.39 is 0 Å². The summed E-state index contributed by atoms with van der Waals surface area (Å²) in [6, 6.07) is 0. The molecule has 1 aromatic heterocycles. The fraction of sp³-hybridized carbons (Fsp3) is 0.500. The molecule has 0 atom stereocenters. The zero-order chi connectivity index (χ0) is 8.48. The van der Waals surface area contributed by atoms with E-state index in [4.69, 9.17) is 5.73 Å². The highest BCUT2D eigenvalue weighted by molar-refractivity contribution is 5.22. The molecule has 1 rings (SSSR count). The Labute approximate surface area is 66.7 Å². The predicted molar refractivity (Wildman–Crippen MR) is 44.0 cm³/mol. The second-order valence-electron chi connectivity index (χ2n) is 3.24. The van der Waals surface area contributed by atoms with Crippen LogP contribution in [0.5, 0.6) is 0 Å². The van der Waals surface area contributed by atoms with Crippen LogP contribution in [0.4, 0.5) is 0 Å². The minimum atomic E-state index is -0.342. The third-order valence-corrected chi connectivity index (χ3v) is 1.61. The van der Waals surface area contributed by atoms with Crippen LogP contribution in [-0.4, -0.2) is 9.97 Å². The summed E-state index contributed by atoms with van der Waals surface area (Å²) in [6.07, 6.45) is 3.30. The quantitative estimate of drug-likeness (QED) is 0.651. The van der Waals surface area contributed by atoms with Crippen LogP contribution in [0.2, 0.25) is 0 Å². The first-order valence-corrected chi connectivity index (χ1v) is 3.58. The molecule has 3 nitrogen and oxygen atoms in total. The van der Waals surface area contributed by atoms with Gasteiger partial charge >= 0.3 is 0 Å². The van der Waals surface area contributed by atoms with Crippen molar-refractivity contribution in [3.63, 3.8) is 0 Å². The molecule has 0 aliphatic rings. The van der Waals surface area contributed by atoms with Crippen LogP contribution in [0.3, 0.4) is 0 Å². The van der Waals surface area contributed by atoms with Crippen molar-refractivity contribution in [1.29, 1.82) is 0 Å². The molecule has 0 unspecified atom stereocenters. The lowest BCUT2D eigenvalue weighted by Gasteiger charge is -2.19. The zero-order valence-corrected chi connectivity index (χ0v) is 7.13. The SMILES string of the molecule is Cc1ncncc1C(C)(C)N. The number of hydrogen-bond donors (Lipinski definition) is 1. The Hall–Kier alpha value is -0.960. The minimum absolute atomic E-state index is 0.342. The van der Waals surface area contributed by atoms with Gasteiger partial charge in [-0.15, -0.1) is 0 Å². The van der Waals surface area contributed by atoms with Gasteiger partial charge in [-0.25, -0.2) is 9.97 Å². The molecule has 11 heavy (non-hydrogen) atoms. The van der Waals surface area contributed by atoms with E-state index in [1.54, 1.807) is 6.20 Å². The summed E-state index contributed by atoms with van der Waals surface area (Å²) in [6.45, 7) is 5.82. The molecule has 0 aromatic carbocycles. The van der Waals surface area contributed by atoms with Crippen molar-refractivity contribution in [3.05, 3.63) is 23.8 Å². The molecule has 0 radical (unpaired) electrons. The van der Waals surface area contributed by atoms with Crippen LogP contribution in [-0.2, 0) is 5.54 Å². The lowest BCUT2D eigenvalue weighted by molar-refractivity contribution is 0.544. The number of nitrogens with two attached hydrogens (primary N) is 1. The van der Waals surface area contributed by atoms with Gasteiger partial charge in [0.15, 0.2) is 0 Å². The van der Waals surface area contributed by atoms with Crippen LogP contribution in [0.15, 0.2) is 12.5 Å². The first-order valence-electron chi connectivity index (χ1n) is 3.58. The molecule has 0 fully saturated rings. The normalized spacial score (nSPS) is 11.6. The Balaban J connectivity index is 3.14. The van der Waals surface area contributed by atoms with Crippen LogP contribution in [0.25, 0.3) is 0 Å².